The summed E-state index contributed by atoms with van der Waals surface area (Å²) in [6, 6.07) is 6.63. The molecule has 2 rings (SSSR count). The Morgan fingerprint density at radius 2 is 1.91 bits per heavy atom. The predicted octanol–water partition coefficient (Wildman–Crippen LogP) is 2.46. The number of anilines is 1. The number of halogens is 2. The van der Waals surface area contributed by atoms with Crippen LogP contribution < -0.4 is 16.6 Å². The molecule has 0 saturated carbocycles. The largest absolute Gasteiger partial charge is 0.381 e. The molecule has 0 radical (unpaired) electrons. The quantitative estimate of drug-likeness (QED) is 0.862. The Morgan fingerprint density at radius 3 is 2.48 bits per heavy atom. The van der Waals surface area contributed by atoms with E-state index in [0.717, 1.165) is 0 Å². The van der Waals surface area contributed by atoms with Gasteiger partial charge in [0.2, 0.25) is 5.91 Å². The molecule has 0 saturated heterocycles. The first-order valence-corrected chi connectivity index (χ1v) is 7.55. The first kappa shape index (κ1) is 17.3. The molecule has 1 heterocycles. The number of benzene rings is 1. The van der Waals surface area contributed by atoms with E-state index in [2.05, 4.69) is 10.4 Å². The van der Waals surface area contributed by atoms with E-state index in [1.165, 1.54) is 10.9 Å². The minimum Gasteiger partial charge on any atom is -0.381 e. The van der Waals surface area contributed by atoms with Crippen molar-refractivity contribution in [3.63, 3.8) is 0 Å². The van der Waals surface area contributed by atoms with Gasteiger partial charge in [-0.2, -0.15) is 9.78 Å². The topological polar surface area (TPSA) is 90.0 Å². The van der Waals surface area contributed by atoms with Crippen LogP contribution in [0.15, 0.2) is 35.3 Å². The highest BCUT2D eigenvalue weighted by Crippen LogP contribution is 2.21. The van der Waals surface area contributed by atoms with Crippen molar-refractivity contribution in [3.05, 3.63) is 50.9 Å². The summed E-state index contributed by atoms with van der Waals surface area (Å²) >= 11 is 11.9. The number of nitrogens with zero attached hydrogens (tertiary/aromatic N) is 2. The van der Waals surface area contributed by atoms with Crippen LogP contribution in [0.1, 0.15) is 13.8 Å². The number of aromatic nitrogens is 2. The number of rotatable bonds is 5. The molecule has 0 spiro atoms. The van der Waals surface area contributed by atoms with Crippen LogP contribution in [0.2, 0.25) is 10.0 Å². The van der Waals surface area contributed by atoms with Gasteiger partial charge in [0.15, 0.2) is 0 Å². The average molecular weight is 355 g/mol. The Kier molecular flexibility index (Phi) is 4.97. The molecular weight excluding hydrogens is 339 g/mol. The Balaban J connectivity index is 2.29. The van der Waals surface area contributed by atoms with Crippen molar-refractivity contribution in [1.29, 1.82) is 0 Å². The van der Waals surface area contributed by atoms with E-state index in [-0.39, 0.29) is 11.6 Å². The summed E-state index contributed by atoms with van der Waals surface area (Å²) in [7, 11) is 0. The SMILES string of the molecule is CC(C)(CNc1cnn(-c2ccc(Cl)cc2)c(=O)c1Cl)C(N)=O. The highest BCUT2D eigenvalue weighted by molar-refractivity contribution is 6.33. The van der Waals surface area contributed by atoms with Gasteiger partial charge in [0.25, 0.3) is 5.56 Å². The summed E-state index contributed by atoms with van der Waals surface area (Å²) in [5, 5.41) is 7.55. The average Bonchev–Trinajstić information content (AvgIpc) is 2.50. The van der Waals surface area contributed by atoms with E-state index in [0.29, 0.717) is 16.4 Å². The number of nitrogens with one attached hydrogen (secondary N) is 1. The molecule has 122 valence electrons. The molecule has 6 nitrogen and oxygen atoms in total. The number of primary amides is 1. The van der Waals surface area contributed by atoms with E-state index in [1.807, 2.05) is 0 Å². The summed E-state index contributed by atoms with van der Waals surface area (Å²) < 4.78 is 1.17. The summed E-state index contributed by atoms with van der Waals surface area (Å²) in [4.78, 5) is 23.7. The first-order chi connectivity index (χ1) is 10.7. The molecule has 1 aromatic carbocycles. The van der Waals surface area contributed by atoms with Crippen LogP contribution in [0.25, 0.3) is 5.69 Å². The smallest absolute Gasteiger partial charge is 0.292 e. The molecule has 1 amide bonds. The van der Waals surface area contributed by atoms with E-state index in [1.54, 1.807) is 38.1 Å². The van der Waals surface area contributed by atoms with Crippen LogP contribution in [0.4, 0.5) is 5.69 Å². The molecule has 3 N–H and O–H groups in total. The normalized spacial score (nSPS) is 11.3. The van der Waals surface area contributed by atoms with E-state index < -0.39 is 16.9 Å². The molecule has 8 heteroatoms. The standard InChI is InChI=1S/C15H16Cl2N4O2/c1-15(2,14(18)23)8-19-11-7-20-21(13(22)12(11)17)10-5-3-9(16)4-6-10/h3-7,19H,8H2,1-2H3,(H2,18,23). The van der Waals surface area contributed by atoms with Gasteiger partial charge in [0.05, 0.1) is 23.0 Å². The number of carbonyl (C=O) groups is 1. The van der Waals surface area contributed by atoms with Crippen LogP contribution in [0.5, 0.6) is 0 Å². The van der Waals surface area contributed by atoms with Gasteiger partial charge >= 0.3 is 0 Å². The van der Waals surface area contributed by atoms with Crippen molar-refractivity contribution >= 4 is 34.8 Å². The van der Waals surface area contributed by atoms with Gasteiger partial charge in [-0.05, 0) is 38.1 Å². The summed E-state index contributed by atoms with van der Waals surface area (Å²) in [6.07, 6.45) is 1.43. The zero-order valence-electron chi connectivity index (χ0n) is 12.6. The molecule has 1 aromatic heterocycles. The molecule has 0 aliphatic heterocycles. The molecule has 2 aromatic rings. The Labute approximate surface area is 143 Å². The lowest BCUT2D eigenvalue weighted by Crippen LogP contribution is -2.37. The lowest BCUT2D eigenvalue weighted by molar-refractivity contribution is -0.125. The maximum Gasteiger partial charge on any atom is 0.292 e. The molecule has 23 heavy (non-hydrogen) atoms. The van der Waals surface area contributed by atoms with Gasteiger partial charge in [-0.25, -0.2) is 0 Å². The molecule has 0 atom stereocenters. The number of hydrogen-bond donors (Lipinski definition) is 2. The van der Waals surface area contributed by atoms with Gasteiger partial charge in [0.1, 0.15) is 5.02 Å². The summed E-state index contributed by atoms with van der Waals surface area (Å²) in [5.74, 6) is -0.455. The third-order valence-electron chi connectivity index (χ3n) is 3.38. The van der Waals surface area contributed by atoms with E-state index in [4.69, 9.17) is 28.9 Å². The summed E-state index contributed by atoms with van der Waals surface area (Å²) in [5.41, 5.74) is 4.94. The maximum atomic E-state index is 12.3. The maximum absolute atomic E-state index is 12.3. The molecular formula is C15H16Cl2N4O2. The van der Waals surface area contributed by atoms with Crippen LogP contribution >= 0.6 is 23.2 Å². The fourth-order valence-corrected chi connectivity index (χ4v) is 2.05. The Morgan fingerprint density at radius 1 is 1.30 bits per heavy atom. The van der Waals surface area contributed by atoms with Crippen molar-refractivity contribution in [2.24, 2.45) is 11.1 Å². The monoisotopic (exact) mass is 354 g/mol. The lowest BCUT2D eigenvalue weighted by Gasteiger charge is -2.21. The molecule has 0 bridgehead atoms. The van der Waals surface area contributed by atoms with Crippen molar-refractivity contribution in [3.8, 4) is 5.69 Å². The molecule has 0 aliphatic carbocycles. The fourth-order valence-electron chi connectivity index (χ4n) is 1.73. The van der Waals surface area contributed by atoms with Gasteiger partial charge in [-0.3, -0.25) is 9.59 Å². The second-order valence-corrected chi connectivity index (χ2v) is 6.48. The zero-order chi connectivity index (χ0) is 17.2. The Hall–Kier alpha value is -2.05. The van der Waals surface area contributed by atoms with Gasteiger partial charge < -0.3 is 11.1 Å². The van der Waals surface area contributed by atoms with E-state index in [9.17, 15) is 9.59 Å². The number of carbonyl (C=O) groups excluding carboxylic acids is 1. The second kappa shape index (κ2) is 6.60. The molecule has 0 unspecified atom stereocenters. The third-order valence-corrected chi connectivity index (χ3v) is 4.00. The van der Waals surface area contributed by atoms with Crippen LogP contribution in [-0.4, -0.2) is 22.2 Å². The van der Waals surface area contributed by atoms with Gasteiger partial charge in [-0.15, -0.1) is 0 Å². The Bertz CT molecular complexity index is 785. The fraction of sp³-hybridized carbons (Fsp3) is 0.267. The lowest BCUT2D eigenvalue weighted by atomic mass is 9.93. The zero-order valence-corrected chi connectivity index (χ0v) is 14.1. The van der Waals surface area contributed by atoms with Crippen LogP contribution in [-0.2, 0) is 4.79 Å². The highest BCUT2D eigenvalue weighted by atomic mass is 35.5. The van der Waals surface area contributed by atoms with Crippen molar-refractivity contribution in [1.82, 2.24) is 9.78 Å². The predicted molar refractivity (Wildman–Crippen MR) is 91.3 cm³/mol. The van der Waals surface area contributed by atoms with Gasteiger partial charge in [0, 0.05) is 11.6 Å². The number of amides is 1. The number of hydrogen-bond acceptors (Lipinski definition) is 4. The summed E-state index contributed by atoms with van der Waals surface area (Å²) in [6.45, 7) is 3.62. The first-order valence-electron chi connectivity index (χ1n) is 6.80. The van der Waals surface area contributed by atoms with Crippen molar-refractivity contribution in [2.75, 3.05) is 11.9 Å². The minimum absolute atomic E-state index is 0.0183. The van der Waals surface area contributed by atoms with Crippen LogP contribution in [0, 0.1) is 5.41 Å². The van der Waals surface area contributed by atoms with Gasteiger partial charge in [-0.1, -0.05) is 23.2 Å². The minimum atomic E-state index is -0.783. The number of nitrogens with two attached hydrogens (primary N) is 1. The third kappa shape index (κ3) is 3.83. The molecule has 0 aliphatic rings. The van der Waals surface area contributed by atoms with E-state index >= 15 is 0 Å². The van der Waals surface area contributed by atoms with Crippen molar-refractivity contribution < 1.29 is 4.79 Å². The highest BCUT2D eigenvalue weighted by Gasteiger charge is 2.25. The molecule has 0 fully saturated rings. The van der Waals surface area contributed by atoms with Crippen LogP contribution in [0.3, 0.4) is 0 Å². The second-order valence-electron chi connectivity index (χ2n) is 5.67. The van der Waals surface area contributed by atoms with Crippen molar-refractivity contribution in [2.45, 2.75) is 13.8 Å².